The van der Waals surface area contributed by atoms with E-state index in [1.54, 1.807) is 130 Å². The number of aromatic nitrogens is 16. The molecule has 0 unspecified atom stereocenters. The maximum atomic E-state index is 4.72. The first kappa shape index (κ1) is 95.5. The van der Waals surface area contributed by atoms with Crippen molar-refractivity contribution in [3.05, 3.63) is 306 Å². The minimum absolute atomic E-state index is 0. The zero-order valence-corrected chi connectivity index (χ0v) is 49.4. The summed E-state index contributed by atoms with van der Waals surface area (Å²) in [5.74, 6) is 2.51. The summed E-state index contributed by atoms with van der Waals surface area (Å²) in [7, 11) is 0. The molecule has 484 valence electrons. The standard InChI is InChI=1S/C7H8.4C6H7N.4C5H6N2.C4H6N2.C4H5NO.C4H5NS.8CH4/c1-7-5-3-2-4-6-7;2*1-6-3-2-4-7-5-6;2*1-6-4-2-3-5-7-6;1-5-2-6-4-7-3-5;1-5-4-6-2-3-7-5;1-5-6-3-2-4-7-5;1-5-3-2-4-6-7-5;3*1-4-5-2-3-6-4;;;;;;;;/h2-6H,1H3;4*2-5H,1H3;4*2-4H,1H3;2-3H,1H3,(H,5,6);2*2-3H,1H3;8*1H4. The molecule has 12 aromatic rings. The van der Waals surface area contributed by atoms with Gasteiger partial charge in [-0.15, -0.1) is 11.3 Å². The number of H-pyrrole nitrogens is 1. The predicted molar refractivity (Wildman–Crippen MR) is 379 cm³/mol. The highest BCUT2D eigenvalue weighted by Gasteiger charge is 1.81. The van der Waals surface area contributed by atoms with Crippen molar-refractivity contribution in [2.24, 2.45) is 0 Å². The van der Waals surface area contributed by atoms with E-state index in [0.29, 0.717) is 0 Å². The Morgan fingerprint density at radius 3 is 1.01 bits per heavy atom. The Morgan fingerprint density at radius 1 is 0.337 bits per heavy atom. The Bertz CT molecular complexity index is 2500. The van der Waals surface area contributed by atoms with Gasteiger partial charge in [0.1, 0.15) is 24.2 Å². The van der Waals surface area contributed by atoms with Gasteiger partial charge in [0.15, 0.2) is 5.89 Å². The van der Waals surface area contributed by atoms with Crippen molar-refractivity contribution >= 4 is 11.3 Å². The number of hydrogen-bond acceptors (Lipinski definition) is 17. The van der Waals surface area contributed by atoms with Gasteiger partial charge in [0.05, 0.1) is 22.6 Å². The molecule has 0 atom stereocenters. The summed E-state index contributed by atoms with van der Waals surface area (Å²) in [6.45, 7) is 23.4. The lowest BCUT2D eigenvalue weighted by molar-refractivity contribution is 0.521. The molecule has 0 aliphatic carbocycles. The van der Waals surface area contributed by atoms with Crippen LogP contribution in [0.3, 0.4) is 0 Å². The number of nitrogens with zero attached hydrogens (tertiary/aromatic N) is 15. The number of aryl methyl sites for hydroxylation is 12. The van der Waals surface area contributed by atoms with Gasteiger partial charge in [-0.05, 0) is 147 Å². The monoisotopic (exact) mass is 1230 g/mol. The number of thiazole rings is 1. The Kier molecular flexibility index (Phi) is 72.3. The maximum Gasteiger partial charge on any atom is 0.190 e. The summed E-state index contributed by atoms with van der Waals surface area (Å²) in [6.07, 6.45) is 34.5. The van der Waals surface area contributed by atoms with E-state index < -0.39 is 0 Å². The predicted octanol–water partition coefficient (Wildman–Crippen LogP) is 18.9. The van der Waals surface area contributed by atoms with Crippen molar-refractivity contribution < 1.29 is 4.42 Å². The Morgan fingerprint density at radius 2 is 0.820 bits per heavy atom. The fourth-order valence-corrected chi connectivity index (χ4v) is 5.20. The van der Waals surface area contributed by atoms with Crippen LogP contribution in [-0.2, 0) is 0 Å². The van der Waals surface area contributed by atoms with Crippen molar-refractivity contribution in [2.75, 3.05) is 0 Å². The lowest BCUT2D eigenvalue weighted by atomic mass is 10.2. The molecule has 0 saturated heterocycles. The quantitative estimate of drug-likeness (QED) is 0.149. The lowest BCUT2D eigenvalue weighted by Crippen LogP contribution is -1.80. The number of imidazole rings is 1. The van der Waals surface area contributed by atoms with Crippen molar-refractivity contribution in [1.29, 1.82) is 0 Å². The summed E-state index contributed by atoms with van der Waals surface area (Å²) in [6, 6.07) is 35.4. The Balaban J connectivity index is -0.000000133. The number of benzene rings is 1. The highest BCUT2D eigenvalue weighted by molar-refractivity contribution is 7.09. The summed E-state index contributed by atoms with van der Waals surface area (Å²) >= 11 is 1.67. The van der Waals surface area contributed by atoms with Crippen LogP contribution >= 0.6 is 11.3 Å². The maximum absolute atomic E-state index is 4.72. The second kappa shape index (κ2) is 67.3. The van der Waals surface area contributed by atoms with Crippen LogP contribution in [0.25, 0.3) is 0 Å². The molecule has 18 heteroatoms. The van der Waals surface area contributed by atoms with E-state index in [-0.39, 0.29) is 59.4 Å². The van der Waals surface area contributed by atoms with Crippen molar-refractivity contribution in [3.8, 4) is 0 Å². The molecule has 0 fully saturated rings. The van der Waals surface area contributed by atoms with Gasteiger partial charge in [-0.2, -0.15) is 10.2 Å². The van der Waals surface area contributed by atoms with Crippen LogP contribution in [0.5, 0.6) is 0 Å². The third-order valence-corrected chi connectivity index (χ3v) is 9.42. The molecule has 11 aromatic heterocycles. The summed E-state index contributed by atoms with van der Waals surface area (Å²) < 4.78 is 4.72. The van der Waals surface area contributed by atoms with Crippen LogP contribution in [0.15, 0.2) is 243 Å². The van der Waals surface area contributed by atoms with Gasteiger partial charge in [0.2, 0.25) is 0 Å². The average Bonchev–Trinajstić information content (AvgIpc) is 4.31. The van der Waals surface area contributed by atoms with Crippen LogP contribution in [0.2, 0.25) is 0 Å². The molecule has 1 aromatic carbocycles. The minimum atomic E-state index is 0. The third-order valence-electron chi connectivity index (χ3n) is 8.71. The van der Waals surface area contributed by atoms with Gasteiger partial charge in [0.25, 0.3) is 0 Å². The lowest BCUT2D eigenvalue weighted by Gasteiger charge is -1.82. The fraction of sp³-hybridized carbons (Fsp3) is 0.282. The summed E-state index contributed by atoms with van der Waals surface area (Å²) in [5, 5.41) is 10.5. The first-order valence-electron chi connectivity index (χ1n) is 25.3. The van der Waals surface area contributed by atoms with Crippen LogP contribution in [-0.4, -0.2) is 80.0 Å². The first-order chi connectivity index (χ1) is 39.2. The zero-order valence-electron chi connectivity index (χ0n) is 48.5. The fourth-order valence-electron chi connectivity index (χ4n) is 4.76. The van der Waals surface area contributed by atoms with E-state index in [1.165, 1.54) is 23.0 Å². The topological polar surface area (TPSA) is 222 Å². The number of nitrogens with one attached hydrogen (secondary N) is 1. The van der Waals surface area contributed by atoms with Gasteiger partial charge >= 0.3 is 0 Å². The molecule has 0 aliphatic rings. The van der Waals surface area contributed by atoms with Gasteiger partial charge in [0, 0.05) is 129 Å². The van der Waals surface area contributed by atoms with Gasteiger partial charge in [-0.1, -0.05) is 120 Å². The molecular formula is C71H108N16OS. The van der Waals surface area contributed by atoms with Crippen molar-refractivity contribution in [2.45, 2.75) is 142 Å². The SMILES string of the molecule is C.C.C.C.C.C.C.C.Cc1ccccc1.Cc1ccccn1.Cc1ccccn1.Cc1cccnc1.Cc1cccnc1.Cc1cccnn1.Cc1cnccn1.Cc1cncnc1.Cc1ncc[nH]1.Cc1ncccn1.Cc1ncco1.Cc1nccs1. The second-order valence-corrected chi connectivity index (χ2v) is 17.5. The highest BCUT2D eigenvalue weighted by atomic mass is 32.1. The summed E-state index contributed by atoms with van der Waals surface area (Å²) in [4.78, 5) is 53.2. The number of rotatable bonds is 0. The van der Waals surface area contributed by atoms with Crippen LogP contribution in [0, 0.1) is 83.1 Å². The van der Waals surface area contributed by atoms with E-state index in [2.05, 4.69) is 99.0 Å². The van der Waals surface area contributed by atoms with Crippen molar-refractivity contribution in [1.82, 2.24) is 80.0 Å². The van der Waals surface area contributed by atoms with E-state index >= 15 is 0 Å². The molecule has 11 heterocycles. The Labute approximate surface area is 541 Å². The second-order valence-electron chi connectivity index (χ2n) is 16.4. The minimum Gasteiger partial charge on any atom is -0.449 e. The smallest absolute Gasteiger partial charge is 0.190 e. The molecule has 17 nitrogen and oxygen atoms in total. The van der Waals surface area contributed by atoms with Gasteiger partial charge < -0.3 is 9.40 Å². The molecule has 12 rings (SSSR count). The molecule has 0 aliphatic heterocycles. The van der Waals surface area contributed by atoms with E-state index in [1.807, 2.05) is 178 Å². The number of hydrogen-bond donors (Lipinski definition) is 1. The molecule has 0 saturated carbocycles. The van der Waals surface area contributed by atoms with E-state index in [4.69, 9.17) is 4.42 Å². The first-order valence-corrected chi connectivity index (χ1v) is 26.2. The molecule has 0 spiro atoms. The molecular weight excluding hydrogens is 1120 g/mol. The molecule has 0 amide bonds. The normalized spacial score (nSPS) is 7.96. The number of aromatic amines is 1. The van der Waals surface area contributed by atoms with Crippen LogP contribution in [0.4, 0.5) is 0 Å². The Hall–Kier alpha value is -9.81. The van der Waals surface area contributed by atoms with Crippen LogP contribution in [0.1, 0.15) is 127 Å². The van der Waals surface area contributed by atoms with Crippen molar-refractivity contribution in [3.63, 3.8) is 0 Å². The number of pyridine rings is 4. The largest absolute Gasteiger partial charge is 0.449 e. The molecule has 0 radical (unpaired) electrons. The van der Waals surface area contributed by atoms with Gasteiger partial charge in [-0.25, -0.2) is 29.9 Å². The zero-order chi connectivity index (χ0) is 59.2. The molecule has 0 bridgehead atoms. The molecule has 1 N–H and O–H groups in total. The highest BCUT2D eigenvalue weighted by Crippen LogP contribution is 1.98. The van der Waals surface area contributed by atoms with E-state index in [0.717, 1.165) is 50.9 Å². The van der Waals surface area contributed by atoms with Crippen LogP contribution < -0.4 is 0 Å². The summed E-state index contributed by atoms with van der Waals surface area (Å²) in [5.41, 5.74) is 8.91. The average molecular weight is 1230 g/mol. The van der Waals surface area contributed by atoms with E-state index in [9.17, 15) is 0 Å². The molecule has 89 heavy (non-hydrogen) atoms. The third kappa shape index (κ3) is 65.6. The van der Waals surface area contributed by atoms with Gasteiger partial charge in [-0.3, -0.25) is 34.9 Å². The number of oxazole rings is 1.